The average Bonchev–Trinajstić information content (AvgIpc) is 2.13. The Kier molecular flexibility index (Phi) is 1.38. The second-order valence-electron chi connectivity index (χ2n) is 2.05. The van der Waals surface area contributed by atoms with Crippen LogP contribution in [0.3, 0.4) is 0 Å². The minimum absolute atomic E-state index is 0.750. The third kappa shape index (κ3) is 1.01. The fourth-order valence-corrected chi connectivity index (χ4v) is 0.636. The van der Waals surface area contributed by atoms with Crippen molar-refractivity contribution in [2.45, 2.75) is 6.92 Å². The number of aryl methyl sites for hydroxylation is 1. The Bertz CT molecular complexity index is 194. The lowest BCUT2D eigenvalue weighted by molar-refractivity contribution is 0.374. The summed E-state index contributed by atoms with van der Waals surface area (Å²) in [4.78, 5) is 1.85. The number of anilines is 1. The number of hydrogen-bond acceptors (Lipinski definition) is 4. The lowest BCUT2D eigenvalue weighted by atomic mass is 10.5. The summed E-state index contributed by atoms with van der Waals surface area (Å²) in [6, 6.07) is 0. The maximum atomic E-state index is 4.72. The maximum Gasteiger partial charge on any atom is 0.195 e. The van der Waals surface area contributed by atoms with E-state index < -0.39 is 0 Å². The zero-order chi connectivity index (χ0) is 6.85. The zero-order valence-corrected chi connectivity index (χ0v) is 5.75. The highest BCUT2D eigenvalue weighted by Crippen LogP contribution is 2.10. The minimum Gasteiger partial charge on any atom is -0.358 e. The molecule has 9 heavy (non-hydrogen) atoms. The van der Waals surface area contributed by atoms with Gasteiger partial charge in [0.15, 0.2) is 11.6 Å². The summed E-state index contributed by atoms with van der Waals surface area (Å²) in [6.45, 7) is 1.83. The van der Waals surface area contributed by atoms with Crippen molar-refractivity contribution in [2.24, 2.45) is 0 Å². The molecular weight excluding hydrogens is 118 g/mol. The van der Waals surface area contributed by atoms with Gasteiger partial charge in [-0.1, -0.05) is 5.10 Å². The molecule has 0 aliphatic carbocycles. The van der Waals surface area contributed by atoms with Crippen LogP contribution in [0.5, 0.6) is 0 Å². The van der Waals surface area contributed by atoms with Crippen LogP contribution in [0.1, 0.15) is 5.76 Å². The smallest absolute Gasteiger partial charge is 0.195 e. The third-order valence-electron chi connectivity index (χ3n) is 1.05. The first kappa shape index (κ1) is 6.07. The predicted octanol–water partition coefficient (Wildman–Crippen LogP) is 0.444. The molecule has 0 radical (unpaired) electrons. The van der Waals surface area contributed by atoms with Gasteiger partial charge in [-0.15, -0.1) is 0 Å². The number of aromatic nitrogens is 2. The summed E-state index contributed by atoms with van der Waals surface area (Å²) in [7, 11) is 3.79. The molecular formula is C5H9N3O. The van der Waals surface area contributed by atoms with Crippen LogP contribution in [0.2, 0.25) is 0 Å². The van der Waals surface area contributed by atoms with Crippen molar-refractivity contribution in [2.75, 3.05) is 19.0 Å². The van der Waals surface area contributed by atoms with Gasteiger partial charge < -0.3 is 9.42 Å². The van der Waals surface area contributed by atoms with Crippen molar-refractivity contribution in [1.82, 2.24) is 10.4 Å². The molecule has 0 aliphatic heterocycles. The van der Waals surface area contributed by atoms with E-state index in [0.29, 0.717) is 0 Å². The summed E-state index contributed by atoms with van der Waals surface area (Å²) in [5.74, 6) is 1.54. The van der Waals surface area contributed by atoms with Gasteiger partial charge in [0.05, 0.1) is 0 Å². The van der Waals surface area contributed by atoms with Crippen LogP contribution >= 0.6 is 0 Å². The molecule has 1 heterocycles. The SMILES string of the molecule is Cc1onnc1N(C)C. The molecule has 0 bridgehead atoms. The largest absolute Gasteiger partial charge is 0.358 e. The van der Waals surface area contributed by atoms with Gasteiger partial charge in [0.25, 0.3) is 0 Å². The van der Waals surface area contributed by atoms with E-state index in [4.69, 9.17) is 4.52 Å². The van der Waals surface area contributed by atoms with Gasteiger partial charge in [0.2, 0.25) is 0 Å². The van der Waals surface area contributed by atoms with E-state index in [1.807, 2.05) is 25.9 Å². The van der Waals surface area contributed by atoms with E-state index in [1.165, 1.54) is 0 Å². The molecule has 0 spiro atoms. The van der Waals surface area contributed by atoms with E-state index in [9.17, 15) is 0 Å². The maximum absolute atomic E-state index is 4.72. The summed E-state index contributed by atoms with van der Waals surface area (Å²) in [5, 5.41) is 7.10. The van der Waals surface area contributed by atoms with E-state index >= 15 is 0 Å². The predicted molar refractivity (Wildman–Crippen MR) is 33.4 cm³/mol. The molecule has 0 saturated carbocycles. The number of nitrogens with zero attached hydrogens (tertiary/aromatic N) is 3. The van der Waals surface area contributed by atoms with Crippen LogP contribution in [-0.4, -0.2) is 24.5 Å². The van der Waals surface area contributed by atoms with Gasteiger partial charge >= 0.3 is 0 Å². The topological polar surface area (TPSA) is 42.2 Å². The first-order valence-electron chi connectivity index (χ1n) is 2.68. The summed E-state index contributed by atoms with van der Waals surface area (Å²) >= 11 is 0. The Morgan fingerprint density at radius 3 is 2.33 bits per heavy atom. The molecule has 4 nitrogen and oxygen atoms in total. The normalized spacial score (nSPS) is 9.67. The summed E-state index contributed by atoms with van der Waals surface area (Å²) in [5.41, 5.74) is 0. The highest BCUT2D eigenvalue weighted by molar-refractivity contribution is 5.37. The average molecular weight is 127 g/mol. The lowest BCUT2D eigenvalue weighted by Gasteiger charge is -2.05. The first-order chi connectivity index (χ1) is 4.22. The molecule has 1 rings (SSSR count). The Balaban J connectivity index is 2.94. The Morgan fingerprint density at radius 2 is 2.11 bits per heavy atom. The Morgan fingerprint density at radius 1 is 1.44 bits per heavy atom. The first-order valence-corrected chi connectivity index (χ1v) is 2.68. The van der Waals surface area contributed by atoms with Crippen molar-refractivity contribution in [3.63, 3.8) is 0 Å². The van der Waals surface area contributed by atoms with Crippen LogP contribution in [0.4, 0.5) is 5.82 Å². The van der Waals surface area contributed by atoms with Crippen LogP contribution in [0.25, 0.3) is 0 Å². The van der Waals surface area contributed by atoms with Crippen LogP contribution < -0.4 is 4.90 Å². The van der Waals surface area contributed by atoms with Gasteiger partial charge in [0, 0.05) is 26.3 Å². The monoisotopic (exact) mass is 127 g/mol. The second-order valence-corrected chi connectivity index (χ2v) is 2.05. The molecule has 0 N–H and O–H groups in total. The van der Waals surface area contributed by atoms with Crippen LogP contribution in [-0.2, 0) is 0 Å². The molecule has 50 valence electrons. The van der Waals surface area contributed by atoms with Crippen LogP contribution in [0, 0.1) is 6.92 Å². The fourth-order valence-electron chi connectivity index (χ4n) is 0.636. The molecule has 0 fully saturated rings. The van der Waals surface area contributed by atoms with Gasteiger partial charge in [0.1, 0.15) is 0 Å². The van der Waals surface area contributed by atoms with Crippen molar-refractivity contribution in [3.8, 4) is 0 Å². The molecule has 0 saturated heterocycles. The molecule has 0 aliphatic rings. The zero-order valence-electron chi connectivity index (χ0n) is 5.75. The molecule has 0 aromatic carbocycles. The number of hydrogen-bond donors (Lipinski definition) is 0. The Labute approximate surface area is 53.4 Å². The minimum atomic E-state index is 0.750. The highest BCUT2D eigenvalue weighted by atomic mass is 16.5. The second kappa shape index (κ2) is 2.05. The van der Waals surface area contributed by atoms with E-state index in [1.54, 1.807) is 0 Å². The van der Waals surface area contributed by atoms with Gasteiger partial charge in [-0.05, 0) is 0 Å². The van der Waals surface area contributed by atoms with Gasteiger partial charge in [-0.2, -0.15) is 0 Å². The molecule has 0 atom stereocenters. The van der Waals surface area contributed by atoms with Crippen LogP contribution in [0.15, 0.2) is 4.52 Å². The van der Waals surface area contributed by atoms with Crippen molar-refractivity contribution >= 4 is 5.82 Å². The molecule has 0 amide bonds. The quantitative estimate of drug-likeness (QED) is 0.549. The molecule has 1 aromatic heterocycles. The Hall–Kier alpha value is -1.06. The van der Waals surface area contributed by atoms with Crippen molar-refractivity contribution in [3.05, 3.63) is 5.76 Å². The summed E-state index contributed by atoms with van der Waals surface area (Å²) < 4.78 is 4.72. The summed E-state index contributed by atoms with van der Waals surface area (Å²) in [6.07, 6.45) is 0. The van der Waals surface area contributed by atoms with Crippen molar-refractivity contribution in [1.29, 1.82) is 0 Å². The molecule has 0 unspecified atom stereocenters. The highest BCUT2D eigenvalue weighted by Gasteiger charge is 2.04. The third-order valence-corrected chi connectivity index (χ3v) is 1.05. The van der Waals surface area contributed by atoms with E-state index in [2.05, 4.69) is 10.4 Å². The fraction of sp³-hybridized carbons (Fsp3) is 0.600. The van der Waals surface area contributed by atoms with Gasteiger partial charge in [-0.25, -0.2) is 0 Å². The van der Waals surface area contributed by atoms with E-state index in [-0.39, 0.29) is 0 Å². The number of rotatable bonds is 1. The molecule has 4 heteroatoms. The standard InChI is InChI=1S/C5H9N3O/c1-4-5(8(2)3)6-7-9-4/h1-3H3. The molecule has 1 aromatic rings. The van der Waals surface area contributed by atoms with Gasteiger partial charge in [-0.3, -0.25) is 0 Å². The van der Waals surface area contributed by atoms with E-state index in [0.717, 1.165) is 11.6 Å². The lowest BCUT2D eigenvalue weighted by Crippen LogP contribution is -2.09. The van der Waals surface area contributed by atoms with Crippen molar-refractivity contribution < 1.29 is 4.52 Å².